The van der Waals surface area contributed by atoms with Crippen molar-refractivity contribution < 1.29 is 19.4 Å². The number of aliphatic carboxylic acids is 1. The summed E-state index contributed by atoms with van der Waals surface area (Å²) in [6.45, 7) is 2.62. The van der Waals surface area contributed by atoms with Gasteiger partial charge in [-0.05, 0) is 19.8 Å². The maximum atomic E-state index is 12.1. The number of esters is 1. The Morgan fingerprint density at radius 3 is 3.05 bits per heavy atom. The zero-order valence-corrected chi connectivity index (χ0v) is 12.8. The summed E-state index contributed by atoms with van der Waals surface area (Å²) >= 11 is 1.32. The molecular formula is C14H15N3O4S. The number of hydrogen-bond acceptors (Lipinski definition) is 7. The monoisotopic (exact) mass is 321 g/mol. The molecule has 8 heteroatoms. The minimum Gasteiger partial charge on any atom is -0.480 e. The van der Waals surface area contributed by atoms with Gasteiger partial charge in [0.05, 0.1) is 17.6 Å². The highest BCUT2D eigenvalue weighted by Crippen LogP contribution is 2.35. The Labute approximate surface area is 130 Å². The molecule has 2 aromatic heterocycles. The van der Waals surface area contributed by atoms with Crippen molar-refractivity contribution in [3.05, 3.63) is 17.3 Å². The quantitative estimate of drug-likeness (QED) is 0.860. The SMILES string of the molecule is CCOC(=O)c1csc2ncnc(N3CCCC3C(=O)O)c12. The van der Waals surface area contributed by atoms with E-state index in [1.807, 2.05) is 0 Å². The van der Waals surface area contributed by atoms with Crippen LogP contribution in [-0.2, 0) is 9.53 Å². The number of hydrogen-bond donors (Lipinski definition) is 1. The third-order valence-corrected chi connectivity index (χ3v) is 4.54. The molecule has 7 nitrogen and oxygen atoms in total. The highest BCUT2D eigenvalue weighted by atomic mass is 32.1. The number of carboxylic acids is 1. The number of rotatable bonds is 4. The molecule has 1 aliphatic rings. The Kier molecular flexibility index (Phi) is 3.93. The molecule has 1 unspecified atom stereocenters. The van der Waals surface area contributed by atoms with E-state index >= 15 is 0 Å². The number of fused-ring (bicyclic) bond motifs is 1. The maximum Gasteiger partial charge on any atom is 0.339 e. The molecule has 1 aliphatic heterocycles. The molecule has 22 heavy (non-hydrogen) atoms. The lowest BCUT2D eigenvalue weighted by Gasteiger charge is -2.23. The van der Waals surface area contributed by atoms with Crippen LogP contribution >= 0.6 is 11.3 Å². The van der Waals surface area contributed by atoms with E-state index in [1.54, 1.807) is 17.2 Å². The van der Waals surface area contributed by atoms with Crippen molar-refractivity contribution in [2.45, 2.75) is 25.8 Å². The van der Waals surface area contributed by atoms with E-state index < -0.39 is 18.0 Å². The lowest BCUT2D eigenvalue weighted by atomic mass is 10.2. The van der Waals surface area contributed by atoms with Crippen molar-refractivity contribution in [1.82, 2.24) is 9.97 Å². The number of ether oxygens (including phenoxy) is 1. The van der Waals surface area contributed by atoms with Crippen LogP contribution < -0.4 is 4.90 Å². The number of aromatic nitrogens is 2. The fourth-order valence-electron chi connectivity index (χ4n) is 2.71. The second-order valence-corrected chi connectivity index (χ2v) is 5.80. The Bertz CT molecular complexity index is 730. The maximum absolute atomic E-state index is 12.1. The summed E-state index contributed by atoms with van der Waals surface area (Å²) in [7, 11) is 0. The van der Waals surface area contributed by atoms with E-state index in [0.717, 1.165) is 6.42 Å². The molecule has 0 saturated carbocycles. The average molecular weight is 321 g/mol. The minimum atomic E-state index is -0.878. The standard InChI is InChI=1S/C14H15N3O4S/c1-2-21-14(20)8-6-22-12-10(8)11(15-7-16-12)17-5-3-4-9(17)13(18)19/h6-7,9H,2-5H2,1H3,(H,18,19). The van der Waals surface area contributed by atoms with Crippen LogP contribution in [0.3, 0.4) is 0 Å². The molecule has 0 bridgehead atoms. The first-order valence-electron chi connectivity index (χ1n) is 7.02. The Hall–Kier alpha value is -2.22. The first-order chi connectivity index (χ1) is 10.6. The minimum absolute atomic E-state index is 0.278. The van der Waals surface area contributed by atoms with Gasteiger partial charge >= 0.3 is 11.9 Å². The molecule has 0 aliphatic carbocycles. The van der Waals surface area contributed by atoms with E-state index in [2.05, 4.69) is 9.97 Å². The smallest absolute Gasteiger partial charge is 0.339 e. The predicted molar refractivity (Wildman–Crippen MR) is 81.4 cm³/mol. The second kappa shape index (κ2) is 5.88. The van der Waals surface area contributed by atoms with Crippen molar-refractivity contribution in [3.8, 4) is 0 Å². The van der Waals surface area contributed by atoms with Crippen LogP contribution in [0.25, 0.3) is 10.2 Å². The van der Waals surface area contributed by atoms with E-state index in [1.165, 1.54) is 17.7 Å². The zero-order chi connectivity index (χ0) is 15.7. The molecule has 1 atom stereocenters. The molecule has 0 spiro atoms. The summed E-state index contributed by atoms with van der Waals surface area (Å²) in [6, 6.07) is -0.618. The van der Waals surface area contributed by atoms with Gasteiger partial charge in [0.1, 0.15) is 23.0 Å². The molecule has 0 amide bonds. The van der Waals surface area contributed by atoms with Gasteiger partial charge in [0, 0.05) is 11.9 Å². The van der Waals surface area contributed by atoms with Crippen LogP contribution in [0.5, 0.6) is 0 Å². The van der Waals surface area contributed by atoms with Gasteiger partial charge in [-0.15, -0.1) is 11.3 Å². The molecule has 3 rings (SSSR count). The third-order valence-electron chi connectivity index (χ3n) is 3.66. The molecule has 1 saturated heterocycles. The second-order valence-electron chi connectivity index (χ2n) is 4.94. The molecule has 0 radical (unpaired) electrons. The molecular weight excluding hydrogens is 306 g/mol. The molecule has 2 aromatic rings. The Morgan fingerprint density at radius 1 is 1.50 bits per heavy atom. The molecule has 1 fully saturated rings. The predicted octanol–water partition coefficient (Wildman–Crippen LogP) is 1.92. The number of thiophene rings is 1. The van der Waals surface area contributed by atoms with Gasteiger partial charge in [-0.3, -0.25) is 0 Å². The first-order valence-corrected chi connectivity index (χ1v) is 7.90. The van der Waals surface area contributed by atoms with E-state index in [0.29, 0.717) is 34.6 Å². The van der Waals surface area contributed by atoms with Crippen LogP contribution in [-0.4, -0.2) is 46.2 Å². The molecule has 116 valence electrons. The summed E-state index contributed by atoms with van der Waals surface area (Å²) < 4.78 is 5.06. The average Bonchev–Trinajstić information content (AvgIpc) is 3.14. The fourth-order valence-corrected chi connectivity index (χ4v) is 3.58. The van der Waals surface area contributed by atoms with Crippen molar-refractivity contribution >= 4 is 39.3 Å². The summed E-state index contributed by atoms with van der Waals surface area (Å²) in [5, 5.41) is 11.6. The highest BCUT2D eigenvalue weighted by Gasteiger charge is 2.33. The first kappa shape index (κ1) is 14.7. The molecule has 3 heterocycles. The highest BCUT2D eigenvalue weighted by molar-refractivity contribution is 7.17. The van der Waals surface area contributed by atoms with Crippen LogP contribution in [0.15, 0.2) is 11.7 Å². The van der Waals surface area contributed by atoms with Crippen molar-refractivity contribution in [2.75, 3.05) is 18.1 Å². The number of carboxylic acid groups (broad SMARTS) is 1. The number of carbonyl (C=O) groups excluding carboxylic acids is 1. The topological polar surface area (TPSA) is 92.6 Å². The number of carbonyl (C=O) groups is 2. The zero-order valence-electron chi connectivity index (χ0n) is 12.0. The van der Waals surface area contributed by atoms with Gasteiger partial charge in [0.15, 0.2) is 0 Å². The van der Waals surface area contributed by atoms with Crippen molar-refractivity contribution in [2.24, 2.45) is 0 Å². The number of nitrogens with zero attached hydrogens (tertiary/aromatic N) is 3. The Balaban J connectivity index is 2.11. The molecule has 1 N–H and O–H groups in total. The van der Waals surface area contributed by atoms with Gasteiger partial charge in [-0.25, -0.2) is 19.6 Å². The fraction of sp³-hybridized carbons (Fsp3) is 0.429. The summed E-state index contributed by atoms with van der Waals surface area (Å²) in [5.41, 5.74) is 0.397. The lowest BCUT2D eigenvalue weighted by molar-refractivity contribution is -0.138. The number of anilines is 1. The summed E-state index contributed by atoms with van der Waals surface area (Å²) in [4.78, 5) is 34.3. The largest absolute Gasteiger partial charge is 0.480 e. The normalized spacial score (nSPS) is 17.9. The van der Waals surface area contributed by atoms with Crippen LogP contribution in [0.2, 0.25) is 0 Å². The van der Waals surface area contributed by atoms with Crippen LogP contribution in [0.4, 0.5) is 5.82 Å². The van der Waals surface area contributed by atoms with Crippen molar-refractivity contribution in [1.29, 1.82) is 0 Å². The van der Waals surface area contributed by atoms with Gasteiger partial charge in [-0.1, -0.05) is 0 Å². The lowest BCUT2D eigenvalue weighted by Crippen LogP contribution is -2.36. The van der Waals surface area contributed by atoms with Gasteiger partial charge in [-0.2, -0.15) is 0 Å². The van der Waals surface area contributed by atoms with E-state index in [-0.39, 0.29) is 6.61 Å². The van der Waals surface area contributed by atoms with Gasteiger partial charge in [0.2, 0.25) is 0 Å². The van der Waals surface area contributed by atoms with Crippen LogP contribution in [0.1, 0.15) is 30.1 Å². The van der Waals surface area contributed by atoms with Crippen LogP contribution in [0, 0.1) is 0 Å². The van der Waals surface area contributed by atoms with Gasteiger partial charge < -0.3 is 14.7 Å². The van der Waals surface area contributed by atoms with E-state index in [4.69, 9.17) is 4.74 Å². The van der Waals surface area contributed by atoms with Crippen molar-refractivity contribution in [3.63, 3.8) is 0 Å². The third kappa shape index (κ3) is 2.39. The molecule has 0 aromatic carbocycles. The summed E-state index contributed by atoms with van der Waals surface area (Å²) in [6.07, 6.45) is 2.75. The summed E-state index contributed by atoms with van der Waals surface area (Å²) in [5.74, 6) is -0.813. The van der Waals surface area contributed by atoms with E-state index in [9.17, 15) is 14.7 Å². The van der Waals surface area contributed by atoms with Gasteiger partial charge in [0.25, 0.3) is 0 Å². The Morgan fingerprint density at radius 2 is 2.32 bits per heavy atom.